The molecule has 0 aliphatic carbocycles. The van der Waals surface area contributed by atoms with Gasteiger partial charge in [-0.05, 0) is 30.9 Å². The molecule has 0 saturated carbocycles. The Morgan fingerprint density at radius 1 is 1.41 bits per heavy atom. The first-order valence-electron chi connectivity index (χ1n) is 5.18. The van der Waals surface area contributed by atoms with Crippen LogP contribution in [0.15, 0.2) is 12.3 Å². The molecular weight excluding hydrogens is 246 g/mol. The maximum Gasteiger partial charge on any atom is 0.303 e. The number of carboxylic acid groups (broad SMARTS) is 1. The largest absolute Gasteiger partial charge is 0.748 e. The van der Waals surface area contributed by atoms with Gasteiger partial charge in [0, 0.05) is 17.6 Å². The molecule has 0 radical (unpaired) electrons. The summed E-state index contributed by atoms with van der Waals surface area (Å²) in [6, 6.07) is 1.79. The minimum atomic E-state index is -4.15. The zero-order valence-electron chi connectivity index (χ0n) is 9.18. The van der Waals surface area contributed by atoms with E-state index in [1.54, 1.807) is 12.3 Å². The quantitative estimate of drug-likeness (QED) is 0.694. The van der Waals surface area contributed by atoms with Crippen LogP contribution >= 0.6 is 0 Å². The summed E-state index contributed by atoms with van der Waals surface area (Å²) in [4.78, 5) is 13.3. The molecule has 0 aromatic carbocycles. The summed E-state index contributed by atoms with van der Waals surface area (Å²) < 4.78 is 31.1. The van der Waals surface area contributed by atoms with Crippen molar-refractivity contribution in [2.45, 2.75) is 25.7 Å². The molecule has 6 nitrogen and oxygen atoms in total. The van der Waals surface area contributed by atoms with E-state index in [2.05, 4.69) is 4.98 Å². The molecule has 0 fully saturated rings. The smallest absolute Gasteiger partial charge is 0.303 e. The number of aromatic nitrogens is 1. The van der Waals surface area contributed by atoms with Gasteiger partial charge in [0.25, 0.3) is 0 Å². The lowest BCUT2D eigenvalue weighted by atomic mass is 10.1. The normalized spacial score (nSPS) is 11.6. The maximum absolute atomic E-state index is 10.4. The number of aliphatic carboxylic acids is 1. The van der Waals surface area contributed by atoms with Gasteiger partial charge in [-0.3, -0.25) is 4.79 Å². The van der Waals surface area contributed by atoms with Crippen LogP contribution in [0.2, 0.25) is 0 Å². The highest BCUT2D eigenvalue weighted by Crippen LogP contribution is 2.08. The van der Waals surface area contributed by atoms with E-state index in [9.17, 15) is 17.8 Å². The van der Waals surface area contributed by atoms with Crippen molar-refractivity contribution in [3.8, 4) is 0 Å². The third kappa shape index (κ3) is 6.08. The molecule has 0 bridgehead atoms. The first kappa shape index (κ1) is 13.7. The highest BCUT2D eigenvalue weighted by molar-refractivity contribution is 7.85. The zero-order chi connectivity index (χ0) is 12.9. The number of nitrogens with one attached hydrogen (secondary N) is 1. The molecule has 96 valence electrons. The number of carbonyl (C=O) groups is 1. The second-order valence-electron chi connectivity index (χ2n) is 3.79. The summed E-state index contributed by atoms with van der Waals surface area (Å²) in [5, 5.41) is 8.50. The van der Waals surface area contributed by atoms with Crippen LogP contribution in [0.5, 0.6) is 0 Å². The van der Waals surface area contributed by atoms with Gasteiger partial charge in [-0.1, -0.05) is 0 Å². The van der Waals surface area contributed by atoms with Crippen molar-refractivity contribution in [2.75, 3.05) is 5.75 Å². The van der Waals surface area contributed by atoms with Crippen LogP contribution in [0.1, 0.15) is 24.1 Å². The minimum Gasteiger partial charge on any atom is -0.748 e. The first-order valence-corrected chi connectivity index (χ1v) is 6.76. The van der Waals surface area contributed by atoms with Crippen molar-refractivity contribution in [1.29, 1.82) is 0 Å². The fourth-order valence-corrected chi connectivity index (χ4v) is 1.97. The SMILES string of the molecule is O=C(O)CCc1cc(CCCS(=O)(=O)[O-])c[nH]1. The lowest BCUT2D eigenvalue weighted by molar-refractivity contribution is -0.136. The van der Waals surface area contributed by atoms with Crippen molar-refractivity contribution in [2.24, 2.45) is 0 Å². The number of aryl methyl sites for hydroxylation is 2. The molecule has 0 spiro atoms. The number of aromatic amines is 1. The molecule has 1 heterocycles. The molecule has 0 aliphatic rings. The van der Waals surface area contributed by atoms with E-state index in [0.717, 1.165) is 11.3 Å². The van der Waals surface area contributed by atoms with Crippen molar-refractivity contribution in [1.82, 2.24) is 4.98 Å². The Kier molecular flexibility index (Phi) is 4.71. The molecule has 0 aliphatic heterocycles. The van der Waals surface area contributed by atoms with Crippen LogP contribution in [0.4, 0.5) is 0 Å². The molecule has 17 heavy (non-hydrogen) atoms. The molecule has 1 aromatic rings. The Bertz CT molecular complexity index is 477. The standard InChI is InChI=1S/C10H15NO5S/c12-10(13)4-3-9-6-8(7-11-9)2-1-5-17(14,15)16/h6-7,11H,1-5H2,(H,12,13)(H,14,15,16)/p-1. The molecule has 1 aromatic heterocycles. The Morgan fingerprint density at radius 3 is 2.71 bits per heavy atom. The van der Waals surface area contributed by atoms with Crippen molar-refractivity contribution in [3.05, 3.63) is 23.5 Å². The van der Waals surface area contributed by atoms with Crippen molar-refractivity contribution in [3.63, 3.8) is 0 Å². The van der Waals surface area contributed by atoms with E-state index >= 15 is 0 Å². The van der Waals surface area contributed by atoms with Gasteiger partial charge in [0.15, 0.2) is 0 Å². The second-order valence-corrected chi connectivity index (χ2v) is 5.32. The summed E-state index contributed by atoms with van der Waals surface area (Å²) in [6.07, 6.45) is 2.94. The zero-order valence-corrected chi connectivity index (χ0v) is 10.00. The van der Waals surface area contributed by atoms with Gasteiger partial charge < -0.3 is 14.6 Å². The molecule has 7 heteroatoms. The molecule has 1 rings (SSSR count). The Hall–Kier alpha value is -1.34. The van der Waals surface area contributed by atoms with Crippen LogP contribution < -0.4 is 0 Å². The molecule has 2 N–H and O–H groups in total. The van der Waals surface area contributed by atoms with Gasteiger partial charge in [0.1, 0.15) is 0 Å². The van der Waals surface area contributed by atoms with Crippen molar-refractivity contribution < 1.29 is 22.9 Å². The lowest BCUT2D eigenvalue weighted by Crippen LogP contribution is -2.04. The Morgan fingerprint density at radius 2 is 2.12 bits per heavy atom. The van der Waals surface area contributed by atoms with E-state index < -0.39 is 16.1 Å². The summed E-state index contributed by atoms with van der Waals surface area (Å²) in [5.41, 5.74) is 1.68. The average molecular weight is 260 g/mol. The fraction of sp³-hybridized carbons (Fsp3) is 0.500. The molecule has 0 atom stereocenters. The second kappa shape index (κ2) is 5.83. The molecule has 0 saturated heterocycles. The summed E-state index contributed by atoms with van der Waals surface area (Å²) >= 11 is 0. The highest BCUT2D eigenvalue weighted by Gasteiger charge is 2.03. The third-order valence-corrected chi connectivity index (χ3v) is 3.06. The van der Waals surface area contributed by atoms with Crippen LogP contribution in [0.3, 0.4) is 0 Å². The summed E-state index contributed by atoms with van der Waals surface area (Å²) in [6.45, 7) is 0. The van der Waals surface area contributed by atoms with Gasteiger partial charge in [0.05, 0.1) is 16.5 Å². The molecule has 0 amide bonds. The lowest BCUT2D eigenvalue weighted by Gasteiger charge is -2.04. The molecule has 0 unspecified atom stereocenters. The Balaban J connectivity index is 2.38. The van der Waals surface area contributed by atoms with E-state index in [-0.39, 0.29) is 18.6 Å². The monoisotopic (exact) mass is 260 g/mol. The van der Waals surface area contributed by atoms with E-state index in [1.807, 2.05) is 0 Å². The highest BCUT2D eigenvalue weighted by atomic mass is 32.2. The van der Waals surface area contributed by atoms with Crippen LogP contribution in [0.25, 0.3) is 0 Å². The van der Waals surface area contributed by atoms with Gasteiger partial charge >= 0.3 is 5.97 Å². The van der Waals surface area contributed by atoms with E-state index in [1.165, 1.54) is 0 Å². The van der Waals surface area contributed by atoms with E-state index in [4.69, 9.17) is 5.11 Å². The van der Waals surface area contributed by atoms with E-state index in [0.29, 0.717) is 12.8 Å². The Labute approximate surface area is 99.4 Å². The first-order chi connectivity index (χ1) is 7.87. The van der Waals surface area contributed by atoms with Gasteiger partial charge in [-0.2, -0.15) is 0 Å². The van der Waals surface area contributed by atoms with Gasteiger partial charge in [-0.25, -0.2) is 8.42 Å². The van der Waals surface area contributed by atoms with Gasteiger partial charge in [0.2, 0.25) is 0 Å². The topological polar surface area (TPSA) is 110 Å². The van der Waals surface area contributed by atoms with Crippen LogP contribution in [-0.2, 0) is 27.8 Å². The van der Waals surface area contributed by atoms with Crippen LogP contribution in [0, 0.1) is 0 Å². The number of carboxylic acids is 1. The maximum atomic E-state index is 10.4. The fourth-order valence-electron chi connectivity index (χ4n) is 1.48. The number of hydrogen-bond acceptors (Lipinski definition) is 4. The summed E-state index contributed by atoms with van der Waals surface area (Å²) in [7, 11) is -4.15. The van der Waals surface area contributed by atoms with Crippen LogP contribution in [-0.4, -0.2) is 34.8 Å². The number of H-pyrrole nitrogens is 1. The molecular formula is C10H14NO5S-. The predicted molar refractivity (Wildman–Crippen MR) is 59.6 cm³/mol. The average Bonchev–Trinajstić information content (AvgIpc) is 2.61. The minimum absolute atomic E-state index is 0.0505. The van der Waals surface area contributed by atoms with Crippen molar-refractivity contribution >= 4 is 16.1 Å². The summed E-state index contributed by atoms with van der Waals surface area (Å²) in [5.74, 6) is -1.23. The number of hydrogen-bond donors (Lipinski definition) is 2. The predicted octanol–water partition coefficient (Wildman–Crippen LogP) is 0.510. The third-order valence-electron chi connectivity index (χ3n) is 2.27. The van der Waals surface area contributed by atoms with Gasteiger partial charge in [-0.15, -0.1) is 0 Å². The number of rotatable bonds is 7.